The van der Waals surface area contributed by atoms with Gasteiger partial charge in [-0.25, -0.2) is 0 Å². The maximum atomic E-state index is 5.96. The third kappa shape index (κ3) is 1.59. The zero-order valence-electron chi connectivity index (χ0n) is 9.02. The lowest BCUT2D eigenvalue weighted by molar-refractivity contribution is 0.275. The number of fused-ring (bicyclic) bond motifs is 1. The molecule has 3 heteroatoms. The number of nitrogens with zero attached hydrogens (tertiary/aromatic N) is 1. The molecule has 0 bridgehead atoms. The molecule has 0 spiro atoms. The molecule has 0 aliphatic carbocycles. The van der Waals surface area contributed by atoms with E-state index in [1.54, 1.807) is 12.5 Å². The van der Waals surface area contributed by atoms with Crippen LogP contribution in [0.15, 0.2) is 41.2 Å². The predicted octanol–water partition coefficient (Wildman–Crippen LogP) is 2.38. The van der Waals surface area contributed by atoms with Crippen LogP contribution in [0.3, 0.4) is 0 Å². The number of hydrogen-bond acceptors (Lipinski definition) is 3. The smallest absolute Gasteiger partial charge is 0.0947 e. The van der Waals surface area contributed by atoms with Crippen molar-refractivity contribution in [1.82, 2.24) is 4.90 Å². The van der Waals surface area contributed by atoms with E-state index in [1.165, 1.54) is 16.7 Å². The van der Waals surface area contributed by atoms with Crippen LogP contribution in [0.2, 0.25) is 0 Å². The summed E-state index contributed by atoms with van der Waals surface area (Å²) in [7, 11) is 0. The molecule has 0 amide bonds. The average Bonchev–Trinajstić information content (AvgIpc) is 2.88. The zero-order chi connectivity index (χ0) is 11.0. The van der Waals surface area contributed by atoms with Crippen LogP contribution in [-0.2, 0) is 19.6 Å². The van der Waals surface area contributed by atoms with Gasteiger partial charge in [-0.2, -0.15) is 0 Å². The van der Waals surface area contributed by atoms with Crippen LogP contribution in [0.4, 0.5) is 5.69 Å². The molecule has 3 rings (SSSR count). The first-order valence-electron chi connectivity index (χ1n) is 5.42. The van der Waals surface area contributed by atoms with Crippen molar-refractivity contribution in [2.24, 2.45) is 0 Å². The molecule has 82 valence electrons. The molecule has 1 aromatic heterocycles. The van der Waals surface area contributed by atoms with Gasteiger partial charge in [0.25, 0.3) is 0 Å². The standard InChI is InChI=1S/C13H14N2O/c14-13-3-1-2-11-7-15(8-12(11)13)6-10-4-5-16-9-10/h1-5,9H,6-8,14H2. The first kappa shape index (κ1) is 9.48. The summed E-state index contributed by atoms with van der Waals surface area (Å²) in [4.78, 5) is 2.37. The van der Waals surface area contributed by atoms with E-state index in [-0.39, 0.29) is 0 Å². The number of anilines is 1. The molecule has 2 N–H and O–H groups in total. The highest BCUT2D eigenvalue weighted by atomic mass is 16.3. The van der Waals surface area contributed by atoms with Crippen molar-refractivity contribution in [3.63, 3.8) is 0 Å². The Balaban J connectivity index is 1.78. The summed E-state index contributed by atoms with van der Waals surface area (Å²) in [6.07, 6.45) is 3.51. The highest BCUT2D eigenvalue weighted by Gasteiger charge is 2.20. The number of nitrogens with two attached hydrogens (primary N) is 1. The molecule has 0 saturated carbocycles. The van der Waals surface area contributed by atoms with Crippen LogP contribution in [0.25, 0.3) is 0 Å². The third-order valence-corrected chi connectivity index (χ3v) is 3.07. The molecule has 2 aromatic rings. The van der Waals surface area contributed by atoms with Crippen molar-refractivity contribution in [1.29, 1.82) is 0 Å². The summed E-state index contributed by atoms with van der Waals surface area (Å²) in [5.74, 6) is 0. The van der Waals surface area contributed by atoms with E-state index in [4.69, 9.17) is 10.2 Å². The minimum Gasteiger partial charge on any atom is -0.472 e. The first-order valence-corrected chi connectivity index (χ1v) is 5.42. The molecule has 0 unspecified atom stereocenters. The second-order valence-corrected chi connectivity index (χ2v) is 4.26. The lowest BCUT2D eigenvalue weighted by Crippen LogP contribution is -2.15. The Morgan fingerprint density at radius 3 is 2.94 bits per heavy atom. The fourth-order valence-electron chi connectivity index (χ4n) is 2.27. The molecule has 3 nitrogen and oxygen atoms in total. The van der Waals surface area contributed by atoms with Crippen molar-refractivity contribution < 1.29 is 4.42 Å². The average molecular weight is 214 g/mol. The molecule has 2 heterocycles. The number of benzene rings is 1. The highest BCUT2D eigenvalue weighted by molar-refractivity contribution is 5.52. The zero-order valence-corrected chi connectivity index (χ0v) is 9.02. The predicted molar refractivity (Wildman–Crippen MR) is 62.5 cm³/mol. The number of furan rings is 1. The number of rotatable bonds is 2. The van der Waals surface area contributed by atoms with E-state index in [0.717, 1.165) is 25.3 Å². The quantitative estimate of drug-likeness (QED) is 0.780. The molecule has 1 aromatic carbocycles. The molecule has 0 atom stereocenters. The summed E-state index contributed by atoms with van der Waals surface area (Å²) in [5, 5.41) is 0. The van der Waals surface area contributed by atoms with Crippen LogP contribution >= 0.6 is 0 Å². The summed E-state index contributed by atoms with van der Waals surface area (Å²) >= 11 is 0. The normalized spacial score (nSPS) is 15.2. The Morgan fingerprint density at radius 2 is 2.19 bits per heavy atom. The molecular formula is C13H14N2O. The highest BCUT2D eigenvalue weighted by Crippen LogP contribution is 2.28. The van der Waals surface area contributed by atoms with E-state index in [0.29, 0.717) is 0 Å². The van der Waals surface area contributed by atoms with Crippen LogP contribution in [0, 0.1) is 0 Å². The molecule has 0 fully saturated rings. The minimum atomic E-state index is 0.909. The SMILES string of the molecule is Nc1cccc2c1CN(Cc1ccoc1)C2. The van der Waals surface area contributed by atoms with Gasteiger partial charge in [0, 0.05) is 30.9 Å². The van der Waals surface area contributed by atoms with Gasteiger partial charge in [0.2, 0.25) is 0 Å². The van der Waals surface area contributed by atoms with Gasteiger partial charge >= 0.3 is 0 Å². The monoisotopic (exact) mass is 214 g/mol. The first-order chi connectivity index (χ1) is 7.83. The molecular weight excluding hydrogens is 200 g/mol. The Kier molecular flexibility index (Phi) is 2.18. The van der Waals surface area contributed by atoms with Gasteiger partial charge in [0.15, 0.2) is 0 Å². The fraction of sp³-hybridized carbons (Fsp3) is 0.231. The van der Waals surface area contributed by atoms with E-state index < -0.39 is 0 Å². The van der Waals surface area contributed by atoms with E-state index in [9.17, 15) is 0 Å². The van der Waals surface area contributed by atoms with Crippen molar-refractivity contribution in [2.45, 2.75) is 19.6 Å². The minimum absolute atomic E-state index is 0.909. The lowest BCUT2D eigenvalue weighted by Gasteiger charge is -2.12. The van der Waals surface area contributed by atoms with Crippen LogP contribution < -0.4 is 5.73 Å². The van der Waals surface area contributed by atoms with E-state index in [2.05, 4.69) is 11.0 Å². The third-order valence-electron chi connectivity index (χ3n) is 3.07. The maximum absolute atomic E-state index is 5.96. The molecule has 16 heavy (non-hydrogen) atoms. The molecule has 0 saturated heterocycles. The van der Waals surface area contributed by atoms with Gasteiger partial charge in [0.1, 0.15) is 0 Å². The molecule has 1 aliphatic heterocycles. The Bertz CT molecular complexity index is 491. The van der Waals surface area contributed by atoms with Crippen LogP contribution in [0.5, 0.6) is 0 Å². The van der Waals surface area contributed by atoms with Crippen molar-refractivity contribution in [3.05, 3.63) is 53.5 Å². The molecule has 0 radical (unpaired) electrons. The van der Waals surface area contributed by atoms with Crippen molar-refractivity contribution in [3.8, 4) is 0 Å². The molecule has 1 aliphatic rings. The summed E-state index contributed by atoms with van der Waals surface area (Å²) in [6, 6.07) is 8.16. The second kappa shape index (κ2) is 3.68. The second-order valence-electron chi connectivity index (χ2n) is 4.26. The van der Waals surface area contributed by atoms with Crippen molar-refractivity contribution >= 4 is 5.69 Å². The maximum Gasteiger partial charge on any atom is 0.0947 e. The summed E-state index contributed by atoms with van der Waals surface area (Å²) in [6.45, 7) is 2.84. The van der Waals surface area contributed by atoms with E-state index >= 15 is 0 Å². The van der Waals surface area contributed by atoms with Gasteiger partial charge < -0.3 is 10.2 Å². The van der Waals surface area contributed by atoms with Crippen molar-refractivity contribution in [2.75, 3.05) is 5.73 Å². The number of hydrogen-bond donors (Lipinski definition) is 1. The van der Waals surface area contributed by atoms with Gasteiger partial charge in [0.05, 0.1) is 12.5 Å². The summed E-state index contributed by atoms with van der Waals surface area (Å²) < 4.78 is 5.07. The van der Waals surface area contributed by atoms with Gasteiger partial charge in [-0.3, -0.25) is 4.90 Å². The van der Waals surface area contributed by atoms with Crippen LogP contribution in [0.1, 0.15) is 16.7 Å². The van der Waals surface area contributed by atoms with Gasteiger partial charge in [-0.15, -0.1) is 0 Å². The topological polar surface area (TPSA) is 42.4 Å². The van der Waals surface area contributed by atoms with Gasteiger partial charge in [-0.05, 0) is 23.3 Å². The lowest BCUT2D eigenvalue weighted by atomic mass is 10.1. The largest absolute Gasteiger partial charge is 0.472 e. The van der Waals surface area contributed by atoms with Crippen LogP contribution in [-0.4, -0.2) is 4.90 Å². The van der Waals surface area contributed by atoms with Gasteiger partial charge in [-0.1, -0.05) is 12.1 Å². The number of nitrogen functional groups attached to an aromatic ring is 1. The Hall–Kier alpha value is -1.74. The fourth-order valence-corrected chi connectivity index (χ4v) is 2.27. The Labute approximate surface area is 94.5 Å². The Morgan fingerprint density at radius 1 is 1.25 bits per heavy atom. The summed E-state index contributed by atoms with van der Waals surface area (Å²) in [5.41, 5.74) is 10.7. The van der Waals surface area contributed by atoms with E-state index in [1.807, 2.05) is 18.2 Å².